The average molecular weight is 286 g/mol. The molecule has 0 fully saturated rings. The molecule has 1 N–H and O–H groups in total. The van der Waals surface area contributed by atoms with E-state index in [-0.39, 0.29) is 0 Å². The summed E-state index contributed by atoms with van der Waals surface area (Å²) in [4.78, 5) is 19.7. The standard InChI is InChI=1S/C16H18N2O3/c1-3-4-13(16(19)20)11-5-7-14(17-9-11)12-6-8-15(21-2)18-10-12/h5-10,13H,3-4H2,1-2H3,(H,19,20). The molecule has 1 unspecified atom stereocenters. The molecule has 0 radical (unpaired) electrons. The van der Waals surface area contributed by atoms with Crippen LogP contribution in [0.1, 0.15) is 31.2 Å². The molecule has 0 aliphatic heterocycles. The van der Waals surface area contributed by atoms with E-state index < -0.39 is 11.9 Å². The normalized spacial score (nSPS) is 11.9. The van der Waals surface area contributed by atoms with Gasteiger partial charge in [-0.2, -0.15) is 0 Å². The molecule has 0 amide bonds. The number of carbonyl (C=O) groups is 1. The summed E-state index contributed by atoms with van der Waals surface area (Å²) in [7, 11) is 1.56. The number of ether oxygens (including phenoxy) is 1. The van der Waals surface area contributed by atoms with Gasteiger partial charge in [-0.3, -0.25) is 9.78 Å². The Morgan fingerprint density at radius 3 is 2.52 bits per heavy atom. The third-order valence-corrected chi connectivity index (χ3v) is 3.31. The largest absolute Gasteiger partial charge is 0.481 e. The fraction of sp³-hybridized carbons (Fsp3) is 0.312. The lowest BCUT2D eigenvalue weighted by molar-refractivity contribution is -0.139. The van der Waals surface area contributed by atoms with Crippen molar-refractivity contribution in [3.05, 3.63) is 42.2 Å². The number of carboxylic acid groups (broad SMARTS) is 1. The molecule has 1 atom stereocenters. The molecule has 0 aliphatic carbocycles. The first-order valence-electron chi connectivity index (χ1n) is 6.85. The van der Waals surface area contributed by atoms with E-state index in [1.807, 2.05) is 25.1 Å². The molecule has 2 heterocycles. The highest BCUT2D eigenvalue weighted by atomic mass is 16.5. The van der Waals surface area contributed by atoms with Crippen LogP contribution in [-0.4, -0.2) is 28.2 Å². The van der Waals surface area contributed by atoms with Gasteiger partial charge in [-0.05, 0) is 24.1 Å². The quantitative estimate of drug-likeness (QED) is 0.883. The van der Waals surface area contributed by atoms with Crippen molar-refractivity contribution in [2.75, 3.05) is 7.11 Å². The summed E-state index contributed by atoms with van der Waals surface area (Å²) in [5, 5.41) is 9.25. The number of rotatable bonds is 6. The summed E-state index contributed by atoms with van der Waals surface area (Å²) in [5.74, 6) is -0.757. The fourth-order valence-corrected chi connectivity index (χ4v) is 2.16. The Hall–Kier alpha value is -2.43. The third kappa shape index (κ3) is 3.56. The lowest BCUT2D eigenvalue weighted by atomic mass is 9.96. The van der Waals surface area contributed by atoms with E-state index >= 15 is 0 Å². The summed E-state index contributed by atoms with van der Waals surface area (Å²) in [5.41, 5.74) is 2.36. The van der Waals surface area contributed by atoms with Crippen molar-refractivity contribution in [2.45, 2.75) is 25.7 Å². The van der Waals surface area contributed by atoms with Crippen molar-refractivity contribution in [2.24, 2.45) is 0 Å². The Balaban J connectivity index is 2.22. The van der Waals surface area contributed by atoms with Crippen LogP contribution in [0.25, 0.3) is 11.3 Å². The summed E-state index contributed by atoms with van der Waals surface area (Å²) in [6, 6.07) is 7.28. The van der Waals surface area contributed by atoms with Crippen LogP contribution in [0.5, 0.6) is 5.88 Å². The van der Waals surface area contributed by atoms with Gasteiger partial charge in [-0.15, -0.1) is 0 Å². The Kier molecular flexibility index (Phi) is 4.87. The van der Waals surface area contributed by atoms with Crippen LogP contribution in [-0.2, 0) is 4.79 Å². The maximum absolute atomic E-state index is 11.3. The zero-order chi connectivity index (χ0) is 15.2. The molecule has 5 nitrogen and oxygen atoms in total. The first-order chi connectivity index (χ1) is 10.2. The van der Waals surface area contributed by atoms with E-state index in [9.17, 15) is 9.90 Å². The van der Waals surface area contributed by atoms with Crippen LogP contribution >= 0.6 is 0 Å². The molecule has 0 spiro atoms. The molecule has 21 heavy (non-hydrogen) atoms. The molecule has 5 heteroatoms. The van der Waals surface area contributed by atoms with Gasteiger partial charge in [0.2, 0.25) is 5.88 Å². The van der Waals surface area contributed by atoms with Gasteiger partial charge in [-0.25, -0.2) is 4.98 Å². The summed E-state index contributed by atoms with van der Waals surface area (Å²) in [6.45, 7) is 1.97. The highest BCUT2D eigenvalue weighted by Crippen LogP contribution is 2.24. The molecule has 0 saturated carbocycles. The summed E-state index contributed by atoms with van der Waals surface area (Å²) < 4.78 is 5.01. The van der Waals surface area contributed by atoms with Crippen LogP contribution < -0.4 is 4.74 Å². The van der Waals surface area contributed by atoms with Crippen molar-refractivity contribution >= 4 is 5.97 Å². The third-order valence-electron chi connectivity index (χ3n) is 3.31. The number of hydrogen-bond donors (Lipinski definition) is 1. The van der Waals surface area contributed by atoms with Gasteiger partial charge in [0.15, 0.2) is 0 Å². The number of hydrogen-bond acceptors (Lipinski definition) is 4. The highest BCUT2D eigenvalue weighted by molar-refractivity contribution is 5.76. The van der Waals surface area contributed by atoms with Gasteiger partial charge in [-0.1, -0.05) is 19.4 Å². The van der Waals surface area contributed by atoms with E-state index in [0.717, 1.165) is 23.2 Å². The molecule has 2 aromatic heterocycles. The minimum absolute atomic E-state index is 0.495. The molecule has 0 saturated heterocycles. The molecule has 110 valence electrons. The molecule has 0 aliphatic rings. The van der Waals surface area contributed by atoms with Crippen molar-refractivity contribution in [1.82, 2.24) is 9.97 Å². The van der Waals surface area contributed by atoms with Crippen molar-refractivity contribution in [1.29, 1.82) is 0 Å². The Bertz CT molecular complexity index is 594. The summed E-state index contributed by atoms with van der Waals surface area (Å²) >= 11 is 0. The smallest absolute Gasteiger partial charge is 0.311 e. The average Bonchev–Trinajstić information content (AvgIpc) is 2.53. The summed E-state index contributed by atoms with van der Waals surface area (Å²) in [6.07, 6.45) is 4.75. The minimum Gasteiger partial charge on any atom is -0.481 e. The molecular weight excluding hydrogens is 268 g/mol. The number of aliphatic carboxylic acids is 1. The van der Waals surface area contributed by atoms with Gasteiger partial charge >= 0.3 is 5.97 Å². The second kappa shape index (κ2) is 6.83. The number of aromatic nitrogens is 2. The van der Waals surface area contributed by atoms with Gasteiger partial charge in [0.05, 0.1) is 18.7 Å². The Labute approximate surface area is 123 Å². The first kappa shape index (κ1) is 15.0. The van der Waals surface area contributed by atoms with E-state index in [0.29, 0.717) is 12.3 Å². The molecule has 0 aromatic carbocycles. The zero-order valence-electron chi connectivity index (χ0n) is 12.1. The Morgan fingerprint density at radius 2 is 2.05 bits per heavy atom. The molecular formula is C16H18N2O3. The second-order valence-corrected chi connectivity index (χ2v) is 4.75. The van der Waals surface area contributed by atoms with Crippen LogP contribution in [0.15, 0.2) is 36.7 Å². The molecule has 2 rings (SSSR count). The maximum atomic E-state index is 11.3. The van der Waals surface area contributed by atoms with Crippen LogP contribution in [0.3, 0.4) is 0 Å². The van der Waals surface area contributed by atoms with E-state index in [1.54, 1.807) is 25.6 Å². The zero-order valence-corrected chi connectivity index (χ0v) is 12.1. The first-order valence-corrected chi connectivity index (χ1v) is 6.85. The van der Waals surface area contributed by atoms with Gasteiger partial charge < -0.3 is 9.84 Å². The molecule has 2 aromatic rings. The minimum atomic E-state index is -0.808. The van der Waals surface area contributed by atoms with E-state index in [1.165, 1.54) is 0 Å². The van der Waals surface area contributed by atoms with Crippen molar-refractivity contribution < 1.29 is 14.6 Å². The maximum Gasteiger partial charge on any atom is 0.311 e. The predicted octanol–water partition coefficient (Wildman–Crippen LogP) is 3.12. The van der Waals surface area contributed by atoms with Crippen molar-refractivity contribution in [3.63, 3.8) is 0 Å². The monoisotopic (exact) mass is 286 g/mol. The number of methoxy groups -OCH3 is 1. The number of carboxylic acids is 1. The Morgan fingerprint density at radius 1 is 1.24 bits per heavy atom. The predicted molar refractivity (Wildman–Crippen MR) is 79.3 cm³/mol. The second-order valence-electron chi connectivity index (χ2n) is 4.75. The number of pyridine rings is 2. The van der Waals surface area contributed by atoms with E-state index in [2.05, 4.69) is 9.97 Å². The lowest BCUT2D eigenvalue weighted by Crippen LogP contribution is -2.11. The van der Waals surface area contributed by atoms with Crippen LogP contribution in [0, 0.1) is 0 Å². The topological polar surface area (TPSA) is 72.3 Å². The lowest BCUT2D eigenvalue weighted by Gasteiger charge is -2.11. The van der Waals surface area contributed by atoms with Gasteiger partial charge in [0, 0.05) is 24.0 Å². The fourth-order valence-electron chi connectivity index (χ4n) is 2.16. The number of nitrogens with zero attached hydrogens (tertiary/aromatic N) is 2. The molecule has 0 bridgehead atoms. The van der Waals surface area contributed by atoms with Gasteiger partial charge in [0.25, 0.3) is 0 Å². The SMILES string of the molecule is CCCC(C(=O)O)c1ccc(-c2ccc(OC)nc2)nc1. The highest BCUT2D eigenvalue weighted by Gasteiger charge is 2.19. The van der Waals surface area contributed by atoms with Crippen molar-refractivity contribution in [3.8, 4) is 17.1 Å². The van der Waals surface area contributed by atoms with Gasteiger partial charge in [0.1, 0.15) is 0 Å². The van der Waals surface area contributed by atoms with Crippen LogP contribution in [0.4, 0.5) is 0 Å². The van der Waals surface area contributed by atoms with Crippen LogP contribution in [0.2, 0.25) is 0 Å². The van der Waals surface area contributed by atoms with E-state index in [4.69, 9.17) is 4.74 Å².